The minimum Gasteiger partial charge on any atom is -0.444 e. The van der Waals surface area contributed by atoms with E-state index in [2.05, 4.69) is 41.3 Å². The van der Waals surface area contributed by atoms with Crippen LogP contribution in [0, 0.1) is 0 Å². The van der Waals surface area contributed by atoms with E-state index in [1.165, 1.54) is 0 Å². The second-order valence-electron chi connectivity index (χ2n) is 9.43. The summed E-state index contributed by atoms with van der Waals surface area (Å²) in [5.41, 5.74) is 1.94. The lowest BCUT2D eigenvalue weighted by molar-refractivity contribution is -0.133. The quantitative estimate of drug-likeness (QED) is 0.483. The number of alkyl carbamates (subject to hydrolysis) is 1. The zero-order chi connectivity index (χ0) is 25.2. The van der Waals surface area contributed by atoms with Crippen LogP contribution in [-0.2, 0) is 16.0 Å². The second kappa shape index (κ2) is 10.4. The predicted octanol–water partition coefficient (Wildman–Crippen LogP) is 4.16. The number of H-pyrrole nitrogens is 1. The minimum absolute atomic E-state index is 0.146. The van der Waals surface area contributed by atoms with Crippen molar-refractivity contribution in [2.75, 3.05) is 31.1 Å². The number of ether oxygens (including phenoxy) is 1. The number of pyridine rings is 1. The van der Waals surface area contributed by atoms with Crippen molar-refractivity contribution in [3.63, 3.8) is 0 Å². The van der Waals surface area contributed by atoms with E-state index in [1.54, 1.807) is 50.2 Å². The average molecular weight is 564 g/mol. The fourth-order valence-corrected chi connectivity index (χ4v) is 4.75. The maximum absolute atomic E-state index is 13.5. The number of piperazine rings is 1. The highest BCUT2D eigenvalue weighted by atomic mass is 79.9. The number of fused-ring (bicyclic) bond motifs is 1. The van der Waals surface area contributed by atoms with Gasteiger partial charge >= 0.3 is 6.09 Å². The van der Waals surface area contributed by atoms with E-state index in [-0.39, 0.29) is 5.91 Å². The van der Waals surface area contributed by atoms with Gasteiger partial charge in [-0.1, -0.05) is 23.7 Å². The minimum atomic E-state index is -0.759. The van der Waals surface area contributed by atoms with Crippen molar-refractivity contribution in [3.8, 4) is 0 Å². The summed E-state index contributed by atoms with van der Waals surface area (Å²) in [5.74, 6) is -0.146. The Morgan fingerprint density at radius 3 is 2.51 bits per heavy atom. The Morgan fingerprint density at radius 1 is 1.17 bits per heavy atom. The highest BCUT2D eigenvalue weighted by Gasteiger charge is 2.31. The number of benzene rings is 1. The number of anilines is 1. The molecule has 0 spiro atoms. The van der Waals surface area contributed by atoms with Crippen LogP contribution in [0.25, 0.3) is 11.0 Å². The van der Waals surface area contributed by atoms with Crippen molar-refractivity contribution in [1.29, 1.82) is 0 Å². The summed E-state index contributed by atoms with van der Waals surface area (Å²) < 4.78 is 6.29. The van der Waals surface area contributed by atoms with E-state index < -0.39 is 17.7 Å². The number of aromatic nitrogens is 3. The van der Waals surface area contributed by atoms with Crippen molar-refractivity contribution < 1.29 is 14.3 Å². The molecule has 0 saturated carbocycles. The molecular weight excluding hydrogens is 536 g/mol. The first-order valence-corrected chi connectivity index (χ1v) is 12.5. The summed E-state index contributed by atoms with van der Waals surface area (Å²) in [6.45, 7) is 7.66. The molecule has 1 aliphatic rings. The molecule has 0 unspecified atom stereocenters. The molecule has 4 rings (SSSR count). The number of rotatable bonds is 5. The largest absolute Gasteiger partial charge is 0.444 e. The lowest BCUT2D eigenvalue weighted by atomic mass is 10.0. The third-order valence-electron chi connectivity index (χ3n) is 5.66. The summed E-state index contributed by atoms with van der Waals surface area (Å²) in [7, 11) is 0. The van der Waals surface area contributed by atoms with Gasteiger partial charge in [-0.15, -0.1) is 0 Å². The summed E-state index contributed by atoms with van der Waals surface area (Å²) in [6.07, 6.45) is 3.22. The second-order valence-corrected chi connectivity index (χ2v) is 10.7. The molecule has 1 fully saturated rings. The molecule has 3 aromatic rings. The van der Waals surface area contributed by atoms with Gasteiger partial charge in [-0.05, 0) is 54.4 Å². The van der Waals surface area contributed by atoms with E-state index in [0.717, 1.165) is 21.1 Å². The van der Waals surface area contributed by atoms with Gasteiger partial charge in [0.25, 0.3) is 0 Å². The van der Waals surface area contributed by atoms with Crippen LogP contribution in [0.5, 0.6) is 0 Å². The monoisotopic (exact) mass is 562 g/mol. The van der Waals surface area contributed by atoms with E-state index in [9.17, 15) is 9.59 Å². The Kier molecular flexibility index (Phi) is 7.51. The fourth-order valence-electron chi connectivity index (χ4n) is 4.06. The van der Waals surface area contributed by atoms with Gasteiger partial charge in [-0.2, -0.15) is 5.10 Å². The van der Waals surface area contributed by atoms with Gasteiger partial charge in [-0.25, -0.2) is 9.78 Å². The molecule has 0 radical (unpaired) electrons. The number of nitrogens with one attached hydrogen (secondary N) is 2. The van der Waals surface area contributed by atoms with E-state index in [1.807, 2.05) is 12.1 Å². The molecule has 1 saturated heterocycles. The van der Waals surface area contributed by atoms with Crippen molar-refractivity contribution in [1.82, 2.24) is 25.4 Å². The van der Waals surface area contributed by atoms with Crippen LogP contribution < -0.4 is 10.2 Å². The van der Waals surface area contributed by atoms with Gasteiger partial charge in [0, 0.05) is 43.8 Å². The Labute approximate surface area is 217 Å². The first kappa shape index (κ1) is 25.2. The lowest BCUT2D eigenvalue weighted by Crippen LogP contribution is -2.56. The molecule has 2 N–H and O–H groups in total. The van der Waals surface area contributed by atoms with E-state index in [4.69, 9.17) is 16.3 Å². The third kappa shape index (κ3) is 6.24. The summed E-state index contributed by atoms with van der Waals surface area (Å²) in [5, 5.41) is 11.3. The van der Waals surface area contributed by atoms with Crippen molar-refractivity contribution in [2.24, 2.45) is 0 Å². The molecule has 3 heterocycles. The molecule has 1 atom stereocenters. The Morgan fingerprint density at radius 2 is 1.86 bits per heavy atom. The Bertz CT molecular complexity index is 1200. The topological polar surface area (TPSA) is 103 Å². The van der Waals surface area contributed by atoms with E-state index in [0.29, 0.717) is 43.3 Å². The molecule has 2 amide bonds. The maximum atomic E-state index is 13.5. The van der Waals surface area contributed by atoms with Crippen LogP contribution in [-0.4, -0.2) is 69.9 Å². The van der Waals surface area contributed by atoms with Crippen LogP contribution in [0.2, 0.25) is 5.02 Å². The molecule has 2 aromatic heterocycles. The first-order valence-electron chi connectivity index (χ1n) is 11.4. The van der Waals surface area contributed by atoms with Gasteiger partial charge in [-0.3, -0.25) is 9.89 Å². The number of nitrogens with zero attached hydrogens (tertiary/aromatic N) is 4. The molecule has 1 aliphatic heterocycles. The molecule has 35 heavy (non-hydrogen) atoms. The Hall–Kier alpha value is -2.85. The SMILES string of the molecule is CC(C)(C)OC(=O)N[C@H](Cc1ccc(Cl)cc1)C(=O)N1CCN(c2c(Br)cnc3[nH]ncc23)CC1. The van der Waals surface area contributed by atoms with Gasteiger partial charge in [0.15, 0.2) is 5.65 Å². The fraction of sp³-hybridized carbons (Fsp3) is 0.417. The van der Waals surface area contributed by atoms with Crippen LogP contribution in [0.3, 0.4) is 0 Å². The molecular formula is C24H28BrClN6O3. The number of hydrogen-bond acceptors (Lipinski definition) is 6. The van der Waals surface area contributed by atoms with Crippen LogP contribution in [0.4, 0.5) is 10.5 Å². The summed E-state index contributed by atoms with van der Waals surface area (Å²) in [4.78, 5) is 34.4. The average Bonchev–Trinajstić information content (AvgIpc) is 3.27. The summed E-state index contributed by atoms with van der Waals surface area (Å²) >= 11 is 9.61. The van der Waals surface area contributed by atoms with Crippen LogP contribution >= 0.6 is 27.5 Å². The molecule has 0 bridgehead atoms. The first-order chi connectivity index (χ1) is 16.6. The third-order valence-corrected chi connectivity index (χ3v) is 6.49. The van der Waals surface area contributed by atoms with Crippen molar-refractivity contribution in [2.45, 2.75) is 38.8 Å². The molecule has 0 aliphatic carbocycles. The number of aromatic amines is 1. The highest BCUT2D eigenvalue weighted by molar-refractivity contribution is 9.10. The molecule has 11 heteroatoms. The van der Waals surface area contributed by atoms with Gasteiger partial charge < -0.3 is 19.9 Å². The molecule has 9 nitrogen and oxygen atoms in total. The van der Waals surface area contributed by atoms with Crippen LogP contribution in [0.1, 0.15) is 26.3 Å². The molecule has 186 valence electrons. The van der Waals surface area contributed by atoms with Gasteiger partial charge in [0.05, 0.1) is 21.7 Å². The number of halogens is 2. The van der Waals surface area contributed by atoms with Crippen LogP contribution in [0.15, 0.2) is 41.1 Å². The van der Waals surface area contributed by atoms with Gasteiger partial charge in [0.2, 0.25) is 5.91 Å². The Balaban J connectivity index is 1.47. The zero-order valence-corrected chi connectivity index (χ0v) is 22.2. The number of carbonyl (C=O) groups is 2. The van der Waals surface area contributed by atoms with Gasteiger partial charge in [0.1, 0.15) is 11.6 Å². The number of hydrogen-bond donors (Lipinski definition) is 2. The molecule has 1 aromatic carbocycles. The summed E-state index contributed by atoms with van der Waals surface area (Å²) in [6, 6.07) is 6.50. The van der Waals surface area contributed by atoms with Crippen molar-refractivity contribution >= 4 is 56.3 Å². The standard InChI is InChI=1S/C24H28BrClN6O3/c1-24(2,3)35-23(34)29-19(12-15-4-6-16(26)7-5-15)22(33)32-10-8-31(9-11-32)20-17-13-28-30-21(17)27-14-18(20)25/h4-7,13-14,19H,8-12H2,1-3H3,(H,29,34)(H,27,28,30)/t19-/m1/s1. The predicted molar refractivity (Wildman–Crippen MR) is 139 cm³/mol. The van der Waals surface area contributed by atoms with E-state index >= 15 is 0 Å². The highest BCUT2D eigenvalue weighted by Crippen LogP contribution is 2.33. The zero-order valence-electron chi connectivity index (χ0n) is 19.8. The number of carbonyl (C=O) groups excluding carboxylic acids is 2. The number of amides is 2. The van der Waals surface area contributed by atoms with Crippen molar-refractivity contribution in [3.05, 3.63) is 51.7 Å². The smallest absolute Gasteiger partial charge is 0.408 e. The normalized spacial score (nSPS) is 15.2. The lowest BCUT2D eigenvalue weighted by Gasteiger charge is -2.38. The maximum Gasteiger partial charge on any atom is 0.408 e.